The molecule has 22 heavy (non-hydrogen) atoms. The monoisotopic (exact) mass is 303 g/mol. The standard InChI is InChI=1S/C16H25N5O/c1-17-16(22)7-4-12-3-2-8-21(10-12)15-9-14(18-11-19-15)20-13-5-6-13/h9,11-13H,2-8,10H2,1H3,(H,17,22)(H,18,19,20)/t12-/m1/s1. The first-order chi connectivity index (χ1) is 10.7. The van der Waals surface area contributed by atoms with E-state index >= 15 is 0 Å². The summed E-state index contributed by atoms with van der Waals surface area (Å²) in [4.78, 5) is 22.5. The Morgan fingerprint density at radius 1 is 1.36 bits per heavy atom. The summed E-state index contributed by atoms with van der Waals surface area (Å²) in [6.07, 6.45) is 8.06. The molecule has 1 saturated carbocycles. The molecule has 2 heterocycles. The van der Waals surface area contributed by atoms with Crippen LogP contribution in [0.3, 0.4) is 0 Å². The molecule has 0 unspecified atom stereocenters. The van der Waals surface area contributed by atoms with E-state index in [9.17, 15) is 4.79 Å². The second-order valence-corrected chi connectivity index (χ2v) is 6.35. The van der Waals surface area contributed by atoms with Crippen molar-refractivity contribution in [3.05, 3.63) is 12.4 Å². The van der Waals surface area contributed by atoms with Crippen molar-refractivity contribution in [3.8, 4) is 0 Å². The van der Waals surface area contributed by atoms with Crippen molar-refractivity contribution in [2.45, 2.75) is 44.6 Å². The van der Waals surface area contributed by atoms with E-state index < -0.39 is 0 Å². The Balaban J connectivity index is 1.57. The van der Waals surface area contributed by atoms with Crippen molar-refractivity contribution in [2.24, 2.45) is 5.92 Å². The minimum Gasteiger partial charge on any atom is -0.367 e. The van der Waals surface area contributed by atoms with E-state index in [4.69, 9.17) is 0 Å². The van der Waals surface area contributed by atoms with Crippen LogP contribution in [-0.4, -0.2) is 42.1 Å². The van der Waals surface area contributed by atoms with Crippen LogP contribution in [0.1, 0.15) is 38.5 Å². The van der Waals surface area contributed by atoms with Crippen LogP contribution < -0.4 is 15.5 Å². The highest BCUT2D eigenvalue weighted by molar-refractivity contribution is 5.75. The molecule has 1 aliphatic carbocycles. The summed E-state index contributed by atoms with van der Waals surface area (Å²) in [6.45, 7) is 2.02. The number of nitrogens with zero attached hydrogens (tertiary/aromatic N) is 3. The SMILES string of the molecule is CNC(=O)CC[C@H]1CCCN(c2cc(NC3CC3)ncn2)C1. The molecule has 3 rings (SSSR count). The van der Waals surface area contributed by atoms with Gasteiger partial charge in [0, 0.05) is 38.7 Å². The summed E-state index contributed by atoms with van der Waals surface area (Å²) < 4.78 is 0. The smallest absolute Gasteiger partial charge is 0.219 e. The summed E-state index contributed by atoms with van der Waals surface area (Å²) in [5, 5.41) is 6.12. The molecular weight excluding hydrogens is 278 g/mol. The lowest BCUT2D eigenvalue weighted by atomic mass is 9.93. The number of anilines is 2. The normalized spacial score (nSPS) is 21.5. The minimum atomic E-state index is 0.134. The van der Waals surface area contributed by atoms with Crippen molar-refractivity contribution >= 4 is 17.5 Å². The summed E-state index contributed by atoms with van der Waals surface area (Å²) >= 11 is 0. The topological polar surface area (TPSA) is 70.2 Å². The lowest BCUT2D eigenvalue weighted by Crippen LogP contribution is -2.36. The molecule has 2 N–H and O–H groups in total. The van der Waals surface area contributed by atoms with Crippen molar-refractivity contribution < 1.29 is 4.79 Å². The zero-order valence-electron chi connectivity index (χ0n) is 13.2. The predicted octanol–water partition coefficient (Wildman–Crippen LogP) is 1.79. The number of carbonyl (C=O) groups is 1. The molecular formula is C16H25N5O. The highest BCUT2D eigenvalue weighted by Gasteiger charge is 2.24. The summed E-state index contributed by atoms with van der Waals surface area (Å²) in [5.41, 5.74) is 0. The Morgan fingerprint density at radius 2 is 2.23 bits per heavy atom. The first-order valence-corrected chi connectivity index (χ1v) is 8.28. The third-order valence-corrected chi connectivity index (χ3v) is 4.48. The molecule has 1 saturated heterocycles. The van der Waals surface area contributed by atoms with Gasteiger partial charge in [-0.2, -0.15) is 0 Å². The Kier molecular flexibility index (Phi) is 4.75. The molecule has 1 amide bonds. The maximum absolute atomic E-state index is 11.4. The quantitative estimate of drug-likeness (QED) is 0.838. The van der Waals surface area contributed by atoms with Crippen LogP contribution >= 0.6 is 0 Å². The molecule has 6 heteroatoms. The third-order valence-electron chi connectivity index (χ3n) is 4.48. The zero-order chi connectivity index (χ0) is 15.4. The molecule has 2 fully saturated rings. The maximum atomic E-state index is 11.4. The maximum Gasteiger partial charge on any atom is 0.219 e. The lowest BCUT2D eigenvalue weighted by molar-refractivity contribution is -0.120. The van der Waals surface area contributed by atoms with Gasteiger partial charge in [0.15, 0.2) is 0 Å². The van der Waals surface area contributed by atoms with E-state index in [0.29, 0.717) is 18.4 Å². The molecule has 6 nitrogen and oxygen atoms in total. The van der Waals surface area contributed by atoms with Gasteiger partial charge in [-0.05, 0) is 38.0 Å². The number of piperidine rings is 1. The van der Waals surface area contributed by atoms with Gasteiger partial charge in [-0.25, -0.2) is 9.97 Å². The predicted molar refractivity (Wildman–Crippen MR) is 86.9 cm³/mol. The highest BCUT2D eigenvalue weighted by Crippen LogP contribution is 2.27. The van der Waals surface area contributed by atoms with Crippen molar-refractivity contribution in [1.29, 1.82) is 0 Å². The van der Waals surface area contributed by atoms with Gasteiger partial charge in [0.2, 0.25) is 5.91 Å². The van der Waals surface area contributed by atoms with E-state index in [2.05, 4.69) is 31.6 Å². The van der Waals surface area contributed by atoms with Gasteiger partial charge in [0.25, 0.3) is 0 Å². The van der Waals surface area contributed by atoms with Crippen molar-refractivity contribution in [1.82, 2.24) is 15.3 Å². The largest absolute Gasteiger partial charge is 0.367 e. The van der Waals surface area contributed by atoms with E-state index in [0.717, 1.165) is 37.6 Å². The summed E-state index contributed by atoms with van der Waals surface area (Å²) in [5.74, 6) is 2.64. The number of rotatable bonds is 6. The van der Waals surface area contributed by atoms with Crippen LogP contribution in [0.2, 0.25) is 0 Å². The van der Waals surface area contributed by atoms with Gasteiger partial charge >= 0.3 is 0 Å². The summed E-state index contributed by atoms with van der Waals surface area (Å²) in [6, 6.07) is 2.66. The van der Waals surface area contributed by atoms with Crippen LogP contribution in [-0.2, 0) is 4.79 Å². The average Bonchev–Trinajstić information content (AvgIpc) is 3.37. The number of hydrogen-bond acceptors (Lipinski definition) is 5. The fourth-order valence-corrected chi connectivity index (χ4v) is 3.00. The first-order valence-electron chi connectivity index (χ1n) is 8.28. The molecule has 0 bridgehead atoms. The molecule has 120 valence electrons. The fraction of sp³-hybridized carbons (Fsp3) is 0.688. The average molecular weight is 303 g/mol. The summed E-state index contributed by atoms with van der Waals surface area (Å²) in [7, 11) is 1.70. The van der Waals surface area contributed by atoms with Crippen LogP contribution in [0, 0.1) is 5.92 Å². The number of nitrogens with one attached hydrogen (secondary N) is 2. The molecule has 1 aliphatic heterocycles. The van der Waals surface area contributed by atoms with Gasteiger partial charge in [-0.15, -0.1) is 0 Å². The van der Waals surface area contributed by atoms with Crippen molar-refractivity contribution in [3.63, 3.8) is 0 Å². The number of aromatic nitrogens is 2. The Morgan fingerprint density at radius 3 is 3.00 bits per heavy atom. The van der Waals surface area contributed by atoms with Crippen LogP contribution in [0.15, 0.2) is 12.4 Å². The number of carbonyl (C=O) groups excluding carboxylic acids is 1. The molecule has 1 atom stereocenters. The third kappa shape index (κ3) is 4.08. The lowest BCUT2D eigenvalue weighted by Gasteiger charge is -2.33. The Labute approximate surface area is 131 Å². The van der Waals surface area contributed by atoms with Gasteiger partial charge in [-0.3, -0.25) is 4.79 Å². The first kappa shape index (κ1) is 15.1. The molecule has 0 aromatic carbocycles. The molecule has 0 spiro atoms. The number of amides is 1. The van der Waals surface area contributed by atoms with Crippen LogP contribution in [0.5, 0.6) is 0 Å². The van der Waals surface area contributed by atoms with E-state index in [1.54, 1.807) is 13.4 Å². The second-order valence-electron chi connectivity index (χ2n) is 6.35. The van der Waals surface area contributed by atoms with Gasteiger partial charge in [0.05, 0.1) is 0 Å². The Bertz CT molecular complexity index is 517. The minimum absolute atomic E-state index is 0.134. The Hall–Kier alpha value is -1.85. The second kappa shape index (κ2) is 6.94. The van der Waals surface area contributed by atoms with Crippen molar-refractivity contribution in [2.75, 3.05) is 30.4 Å². The molecule has 2 aliphatic rings. The van der Waals surface area contributed by atoms with E-state index in [1.807, 2.05) is 0 Å². The van der Waals surface area contributed by atoms with Gasteiger partial charge in [0.1, 0.15) is 18.0 Å². The zero-order valence-corrected chi connectivity index (χ0v) is 13.2. The molecule has 0 radical (unpaired) electrons. The van der Waals surface area contributed by atoms with Crippen LogP contribution in [0.4, 0.5) is 11.6 Å². The number of hydrogen-bond donors (Lipinski definition) is 2. The van der Waals surface area contributed by atoms with E-state index in [1.165, 1.54) is 19.3 Å². The molecule has 1 aromatic heterocycles. The van der Waals surface area contributed by atoms with Gasteiger partial charge < -0.3 is 15.5 Å². The van der Waals surface area contributed by atoms with Crippen LogP contribution in [0.25, 0.3) is 0 Å². The van der Waals surface area contributed by atoms with E-state index in [-0.39, 0.29) is 5.91 Å². The fourth-order valence-electron chi connectivity index (χ4n) is 3.00. The molecule has 1 aromatic rings. The van der Waals surface area contributed by atoms with Gasteiger partial charge in [-0.1, -0.05) is 0 Å². The highest BCUT2D eigenvalue weighted by atomic mass is 16.1.